The number of carbonyl (C=O) groups excluding carboxylic acids is 2. The number of benzene rings is 1. The fraction of sp³-hybridized carbons (Fsp3) is 0.471. The standard InChI is InChI=1S/C17H23NO6/c1-17(2,3)24-16(22)18(4)13(15(20)21)10-14(19)23-11-12-8-6-5-7-9-12/h5-9,13H,10-11H2,1-4H3,(H,20,21)/t13-/m1/s1. The number of hydrogen-bond donors (Lipinski definition) is 1. The number of amides is 1. The number of ether oxygens (including phenoxy) is 2. The second-order valence-corrected chi connectivity index (χ2v) is 6.30. The number of nitrogens with zero attached hydrogens (tertiary/aromatic N) is 1. The number of aliphatic carboxylic acids is 1. The van der Waals surface area contributed by atoms with Crippen LogP contribution in [0, 0.1) is 0 Å². The summed E-state index contributed by atoms with van der Waals surface area (Å²) in [6.07, 6.45) is -1.27. The molecule has 1 aromatic rings. The zero-order valence-corrected chi connectivity index (χ0v) is 14.3. The van der Waals surface area contributed by atoms with Crippen LogP contribution >= 0.6 is 0 Å². The maximum Gasteiger partial charge on any atom is 0.410 e. The summed E-state index contributed by atoms with van der Waals surface area (Å²) < 4.78 is 10.2. The summed E-state index contributed by atoms with van der Waals surface area (Å²) in [5, 5.41) is 9.27. The lowest BCUT2D eigenvalue weighted by Crippen LogP contribution is -2.46. The highest BCUT2D eigenvalue weighted by molar-refractivity contribution is 5.85. The lowest BCUT2D eigenvalue weighted by Gasteiger charge is -2.28. The molecule has 0 aliphatic carbocycles. The molecular formula is C17H23NO6. The Kier molecular flexibility index (Phi) is 6.76. The molecule has 0 aliphatic rings. The molecule has 0 saturated carbocycles. The Morgan fingerprint density at radius 1 is 1.17 bits per heavy atom. The smallest absolute Gasteiger partial charge is 0.410 e. The van der Waals surface area contributed by atoms with E-state index in [1.165, 1.54) is 7.05 Å². The molecule has 0 aliphatic heterocycles. The lowest BCUT2D eigenvalue weighted by atomic mass is 10.2. The van der Waals surface area contributed by atoms with E-state index in [0.717, 1.165) is 10.5 Å². The molecule has 132 valence electrons. The summed E-state index contributed by atoms with van der Waals surface area (Å²) >= 11 is 0. The maximum atomic E-state index is 12.0. The van der Waals surface area contributed by atoms with Gasteiger partial charge in [-0.05, 0) is 26.3 Å². The number of esters is 1. The van der Waals surface area contributed by atoms with Crippen molar-refractivity contribution in [1.82, 2.24) is 4.90 Å². The third-order valence-electron chi connectivity index (χ3n) is 3.04. The highest BCUT2D eigenvalue weighted by atomic mass is 16.6. The topological polar surface area (TPSA) is 93.1 Å². The van der Waals surface area contributed by atoms with E-state index in [1.54, 1.807) is 45.0 Å². The lowest BCUT2D eigenvalue weighted by molar-refractivity contribution is -0.152. The largest absolute Gasteiger partial charge is 0.480 e. The summed E-state index contributed by atoms with van der Waals surface area (Å²) in [5.74, 6) is -2.01. The highest BCUT2D eigenvalue weighted by Crippen LogP contribution is 2.13. The van der Waals surface area contributed by atoms with Gasteiger partial charge in [-0.3, -0.25) is 9.69 Å². The van der Waals surface area contributed by atoms with E-state index >= 15 is 0 Å². The van der Waals surface area contributed by atoms with Gasteiger partial charge in [0.15, 0.2) is 0 Å². The summed E-state index contributed by atoms with van der Waals surface area (Å²) in [4.78, 5) is 36.1. The Hall–Kier alpha value is -2.57. The van der Waals surface area contributed by atoms with Gasteiger partial charge in [-0.25, -0.2) is 9.59 Å². The van der Waals surface area contributed by atoms with Gasteiger partial charge in [0, 0.05) is 7.05 Å². The van der Waals surface area contributed by atoms with E-state index in [2.05, 4.69) is 0 Å². The molecule has 0 spiro atoms. The van der Waals surface area contributed by atoms with Crippen molar-refractivity contribution >= 4 is 18.0 Å². The first kappa shape index (κ1) is 19.5. The second kappa shape index (κ2) is 8.33. The van der Waals surface area contributed by atoms with E-state index in [-0.39, 0.29) is 6.61 Å². The first-order chi connectivity index (χ1) is 11.1. The van der Waals surface area contributed by atoms with Crippen molar-refractivity contribution in [1.29, 1.82) is 0 Å². The minimum absolute atomic E-state index is 0.0438. The fourth-order valence-electron chi connectivity index (χ4n) is 1.81. The van der Waals surface area contributed by atoms with E-state index in [9.17, 15) is 19.5 Å². The molecule has 24 heavy (non-hydrogen) atoms. The molecule has 1 rings (SSSR count). The second-order valence-electron chi connectivity index (χ2n) is 6.30. The monoisotopic (exact) mass is 337 g/mol. The number of carboxylic acids is 1. The molecule has 0 saturated heterocycles. The number of carboxylic acid groups (broad SMARTS) is 1. The summed E-state index contributed by atoms with van der Waals surface area (Å²) in [5.41, 5.74) is 0.0283. The van der Waals surface area contributed by atoms with Crippen LogP contribution in [0.1, 0.15) is 32.8 Å². The Balaban J connectivity index is 2.63. The van der Waals surface area contributed by atoms with Gasteiger partial charge in [0.2, 0.25) is 0 Å². The van der Waals surface area contributed by atoms with Gasteiger partial charge in [-0.15, -0.1) is 0 Å². The third kappa shape index (κ3) is 6.68. The maximum absolute atomic E-state index is 12.0. The molecule has 1 amide bonds. The average molecular weight is 337 g/mol. The van der Waals surface area contributed by atoms with E-state index in [1.807, 2.05) is 6.07 Å². The third-order valence-corrected chi connectivity index (χ3v) is 3.04. The first-order valence-electron chi connectivity index (χ1n) is 7.48. The zero-order valence-electron chi connectivity index (χ0n) is 14.3. The zero-order chi connectivity index (χ0) is 18.3. The van der Waals surface area contributed by atoms with Gasteiger partial charge in [0.1, 0.15) is 18.2 Å². The molecule has 0 aromatic heterocycles. The predicted molar refractivity (Wildman–Crippen MR) is 86.3 cm³/mol. The number of hydrogen-bond acceptors (Lipinski definition) is 5. The number of rotatable bonds is 6. The minimum atomic E-state index is -1.36. The Bertz CT molecular complexity index is 578. The normalized spacial score (nSPS) is 12.2. The van der Waals surface area contributed by atoms with Crippen LogP contribution in [0.2, 0.25) is 0 Å². The van der Waals surface area contributed by atoms with Crippen LogP contribution in [-0.4, -0.2) is 46.7 Å². The molecular weight excluding hydrogens is 314 g/mol. The molecule has 1 atom stereocenters. The van der Waals surface area contributed by atoms with Crippen molar-refractivity contribution in [2.45, 2.75) is 45.4 Å². The van der Waals surface area contributed by atoms with Crippen molar-refractivity contribution in [3.8, 4) is 0 Å². The van der Waals surface area contributed by atoms with Crippen LogP contribution in [0.3, 0.4) is 0 Å². The quantitative estimate of drug-likeness (QED) is 0.802. The van der Waals surface area contributed by atoms with Crippen LogP contribution in [0.4, 0.5) is 4.79 Å². The summed E-state index contributed by atoms with van der Waals surface area (Å²) in [6.45, 7) is 5.05. The Morgan fingerprint density at radius 3 is 2.25 bits per heavy atom. The molecule has 0 fully saturated rings. The van der Waals surface area contributed by atoms with Gasteiger partial charge >= 0.3 is 18.0 Å². The number of carbonyl (C=O) groups is 3. The average Bonchev–Trinajstić information content (AvgIpc) is 2.49. The molecule has 7 heteroatoms. The molecule has 1 N–H and O–H groups in total. The first-order valence-corrected chi connectivity index (χ1v) is 7.48. The van der Waals surface area contributed by atoms with Gasteiger partial charge in [-0.2, -0.15) is 0 Å². The molecule has 0 heterocycles. The van der Waals surface area contributed by atoms with Gasteiger partial charge in [0.05, 0.1) is 6.42 Å². The van der Waals surface area contributed by atoms with Crippen molar-refractivity contribution in [2.75, 3.05) is 7.05 Å². The van der Waals surface area contributed by atoms with E-state index in [4.69, 9.17) is 9.47 Å². The molecule has 0 bridgehead atoms. The SMILES string of the molecule is CN(C(=O)OC(C)(C)C)[C@H](CC(=O)OCc1ccccc1)C(=O)O. The molecule has 0 radical (unpaired) electrons. The molecule has 7 nitrogen and oxygen atoms in total. The van der Waals surface area contributed by atoms with Crippen molar-refractivity contribution in [2.24, 2.45) is 0 Å². The van der Waals surface area contributed by atoms with Crippen LogP contribution < -0.4 is 0 Å². The van der Waals surface area contributed by atoms with Gasteiger partial charge in [0.25, 0.3) is 0 Å². The van der Waals surface area contributed by atoms with Crippen molar-refractivity contribution < 1.29 is 29.0 Å². The van der Waals surface area contributed by atoms with E-state index in [0.29, 0.717) is 0 Å². The summed E-state index contributed by atoms with van der Waals surface area (Å²) in [6, 6.07) is 7.66. The van der Waals surface area contributed by atoms with Crippen LogP contribution in [0.25, 0.3) is 0 Å². The van der Waals surface area contributed by atoms with E-state index < -0.39 is 36.1 Å². The van der Waals surface area contributed by atoms with Crippen LogP contribution in [-0.2, 0) is 25.7 Å². The highest BCUT2D eigenvalue weighted by Gasteiger charge is 2.32. The van der Waals surface area contributed by atoms with Crippen LogP contribution in [0.15, 0.2) is 30.3 Å². The Morgan fingerprint density at radius 2 is 1.75 bits per heavy atom. The molecule has 0 unspecified atom stereocenters. The van der Waals surface area contributed by atoms with Crippen LogP contribution in [0.5, 0.6) is 0 Å². The van der Waals surface area contributed by atoms with Crippen molar-refractivity contribution in [3.05, 3.63) is 35.9 Å². The van der Waals surface area contributed by atoms with Gasteiger partial charge in [-0.1, -0.05) is 30.3 Å². The van der Waals surface area contributed by atoms with Gasteiger partial charge < -0.3 is 14.6 Å². The summed E-state index contributed by atoms with van der Waals surface area (Å²) in [7, 11) is 1.28. The minimum Gasteiger partial charge on any atom is -0.480 e. The Labute approximate surface area is 141 Å². The molecule has 1 aromatic carbocycles. The number of likely N-dealkylation sites (N-methyl/N-ethyl adjacent to an activating group) is 1. The fourth-order valence-corrected chi connectivity index (χ4v) is 1.81. The predicted octanol–water partition coefficient (Wildman–Crippen LogP) is 2.44. The van der Waals surface area contributed by atoms with Crippen molar-refractivity contribution in [3.63, 3.8) is 0 Å².